The molecule has 0 saturated carbocycles. The van der Waals surface area contributed by atoms with Crippen LogP contribution in [-0.2, 0) is 11.2 Å². The molecule has 0 aromatic carbocycles. The first-order chi connectivity index (χ1) is 11.3. The van der Waals surface area contributed by atoms with E-state index in [1.807, 2.05) is 25.1 Å². The second-order valence-electron chi connectivity index (χ2n) is 4.72. The number of guanidine groups is 1. The molecule has 0 aliphatic heterocycles. The fraction of sp³-hybridized carbons (Fsp3) is 0.467. The van der Waals surface area contributed by atoms with E-state index in [1.54, 1.807) is 6.20 Å². The minimum Gasteiger partial charge on any atom is -0.382 e. The number of hydrogen-bond acceptors (Lipinski definition) is 6. The Morgan fingerprint density at radius 1 is 1.42 bits per heavy atom. The van der Waals surface area contributed by atoms with Gasteiger partial charge in [-0.15, -0.1) is 24.0 Å². The lowest BCUT2D eigenvalue weighted by Crippen LogP contribution is -2.33. The molecule has 0 radical (unpaired) electrons. The molecule has 2 heterocycles. The van der Waals surface area contributed by atoms with Crippen molar-refractivity contribution in [2.45, 2.75) is 19.8 Å². The van der Waals surface area contributed by atoms with E-state index in [9.17, 15) is 0 Å². The molecule has 24 heavy (non-hydrogen) atoms. The first kappa shape index (κ1) is 20.3. The summed E-state index contributed by atoms with van der Waals surface area (Å²) in [6.07, 6.45) is 3.13. The number of nitrogens with two attached hydrogens (primary N) is 1. The summed E-state index contributed by atoms with van der Waals surface area (Å²) in [4.78, 5) is 12.7. The molecule has 0 amide bonds. The van der Waals surface area contributed by atoms with Gasteiger partial charge in [0.2, 0.25) is 0 Å². The van der Waals surface area contributed by atoms with Crippen molar-refractivity contribution in [2.24, 2.45) is 10.7 Å². The maximum atomic E-state index is 5.77. The highest BCUT2D eigenvalue weighted by Gasteiger charge is 2.09. The van der Waals surface area contributed by atoms with E-state index in [0.29, 0.717) is 49.5 Å². The van der Waals surface area contributed by atoms with E-state index in [4.69, 9.17) is 15.0 Å². The summed E-state index contributed by atoms with van der Waals surface area (Å²) in [5.41, 5.74) is 6.43. The molecule has 0 fully saturated rings. The van der Waals surface area contributed by atoms with Crippen molar-refractivity contribution < 1.29 is 9.26 Å². The van der Waals surface area contributed by atoms with E-state index in [1.165, 1.54) is 0 Å². The normalized spacial score (nSPS) is 11.1. The van der Waals surface area contributed by atoms with Gasteiger partial charge in [0.05, 0.1) is 0 Å². The lowest BCUT2D eigenvalue weighted by Gasteiger charge is -2.03. The molecule has 132 valence electrons. The molecule has 2 aromatic heterocycles. The van der Waals surface area contributed by atoms with E-state index >= 15 is 0 Å². The van der Waals surface area contributed by atoms with E-state index in [0.717, 1.165) is 13.0 Å². The molecule has 0 spiro atoms. The second-order valence-corrected chi connectivity index (χ2v) is 4.72. The quantitative estimate of drug-likeness (QED) is 0.261. The average Bonchev–Trinajstić information content (AvgIpc) is 3.04. The molecule has 2 rings (SSSR count). The third kappa shape index (κ3) is 7.21. The highest BCUT2D eigenvalue weighted by atomic mass is 127. The van der Waals surface area contributed by atoms with Crippen molar-refractivity contribution >= 4 is 29.9 Å². The van der Waals surface area contributed by atoms with Crippen molar-refractivity contribution in [3.05, 3.63) is 30.2 Å². The van der Waals surface area contributed by atoms with Crippen LogP contribution >= 0.6 is 24.0 Å². The van der Waals surface area contributed by atoms with Gasteiger partial charge in [0.15, 0.2) is 11.8 Å². The highest BCUT2D eigenvalue weighted by molar-refractivity contribution is 14.0. The van der Waals surface area contributed by atoms with Gasteiger partial charge < -0.3 is 20.3 Å². The smallest absolute Gasteiger partial charge is 0.276 e. The summed E-state index contributed by atoms with van der Waals surface area (Å²) in [5.74, 6) is 1.43. The summed E-state index contributed by atoms with van der Waals surface area (Å²) >= 11 is 0. The lowest BCUT2D eigenvalue weighted by atomic mass is 10.3. The molecular formula is C15H23IN6O2. The number of pyridine rings is 1. The van der Waals surface area contributed by atoms with Gasteiger partial charge in [0, 0.05) is 38.9 Å². The molecule has 0 atom stereocenters. The van der Waals surface area contributed by atoms with Crippen molar-refractivity contribution in [2.75, 3.05) is 26.3 Å². The van der Waals surface area contributed by atoms with E-state index in [-0.39, 0.29) is 24.0 Å². The number of nitrogens with zero attached hydrogens (tertiary/aromatic N) is 4. The largest absolute Gasteiger partial charge is 0.382 e. The first-order valence-corrected chi connectivity index (χ1v) is 7.65. The van der Waals surface area contributed by atoms with Gasteiger partial charge in [-0.3, -0.25) is 9.98 Å². The third-order valence-electron chi connectivity index (χ3n) is 2.94. The Bertz CT molecular complexity index is 605. The van der Waals surface area contributed by atoms with Gasteiger partial charge in [-0.1, -0.05) is 11.2 Å². The summed E-state index contributed by atoms with van der Waals surface area (Å²) in [7, 11) is 0. The average molecular weight is 446 g/mol. The van der Waals surface area contributed by atoms with Gasteiger partial charge in [-0.2, -0.15) is 4.98 Å². The Morgan fingerprint density at radius 2 is 2.29 bits per heavy atom. The molecule has 0 bridgehead atoms. The second kappa shape index (κ2) is 11.7. The number of aromatic nitrogens is 3. The first-order valence-electron chi connectivity index (χ1n) is 7.65. The zero-order valence-electron chi connectivity index (χ0n) is 13.6. The van der Waals surface area contributed by atoms with E-state index in [2.05, 4.69) is 25.4 Å². The number of rotatable bonds is 9. The van der Waals surface area contributed by atoms with Crippen LogP contribution in [0.2, 0.25) is 0 Å². The Labute approximate surface area is 158 Å². The maximum Gasteiger partial charge on any atom is 0.276 e. The van der Waals surface area contributed by atoms with Crippen LogP contribution in [0.5, 0.6) is 0 Å². The molecule has 0 saturated heterocycles. The standard InChI is InChI=1S/C15H22N6O2.HI/c1-2-22-11-5-9-18-15(16)19-10-7-13-20-14(23-21-13)12-6-3-4-8-17-12;/h3-4,6,8H,2,5,7,9-11H2,1H3,(H3,16,18,19);1H. The number of aliphatic imine (C=N–C) groups is 1. The Morgan fingerprint density at radius 3 is 3.04 bits per heavy atom. The molecular weight excluding hydrogens is 423 g/mol. The van der Waals surface area contributed by atoms with Crippen LogP contribution in [0.25, 0.3) is 11.6 Å². The van der Waals surface area contributed by atoms with Crippen LogP contribution in [0.3, 0.4) is 0 Å². The number of nitrogens with one attached hydrogen (secondary N) is 1. The van der Waals surface area contributed by atoms with Gasteiger partial charge >= 0.3 is 0 Å². The SMILES string of the molecule is CCOCCCN=C(N)NCCc1noc(-c2ccccn2)n1.I. The van der Waals surface area contributed by atoms with E-state index < -0.39 is 0 Å². The van der Waals surface area contributed by atoms with Crippen molar-refractivity contribution in [1.82, 2.24) is 20.4 Å². The van der Waals surface area contributed by atoms with Gasteiger partial charge in [0.1, 0.15) is 5.69 Å². The fourth-order valence-electron chi connectivity index (χ4n) is 1.82. The van der Waals surface area contributed by atoms with Gasteiger partial charge in [-0.05, 0) is 25.5 Å². The third-order valence-corrected chi connectivity index (χ3v) is 2.94. The maximum absolute atomic E-state index is 5.77. The van der Waals surface area contributed by atoms with Crippen LogP contribution in [0, 0.1) is 0 Å². The molecule has 9 heteroatoms. The van der Waals surface area contributed by atoms with Gasteiger partial charge in [-0.25, -0.2) is 0 Å². The van der Waals surface area contributed by atoms with Crippen molar-refractivity contribution in [1.29, 1.82) is 0 Å². The Balaban J connectivity index is 0.00000288. The van der Waals surface area contributed by atoms with Gasteiger partial charge in [0.25, 0.3) is 5.89 Å². The molecule has 0 aliphatic carbocycles. The van der Waals surface area contributed by atoms with Crippen LogP contribution in [0.1, 0.15) is 19.2 Å². The molecule has 0 aliphatic rings. The van der Waals surface area contributed by atoms with Crippen molar-refractivity contribution in [3.8, 4) is 11.6 Å². The Kier molecular flexibility index (Phi) is 9.92. The lowest BCUT2D eigenvalue weighted by molar-refractivity contribution is 0.146. The fourth-order valence-corrected chi connectivity index (χ4v) is 1.82. The zero-order chi connectivity index (χ0) is 16.3. The van der Waals surface area contributed by atoms with Crippen molar-refractivity contribution in [3.63, 3.8) is 0 Å². The van der Waals surface area contributed by atoms with Crippen LogP contribution in [0.4, 0.5) is 0 Å². The minimum atomic E-state index is 0. The monoisotopic (exact) mass is 446 g/mol. The molecule has 2 aromatic rings. The Hall–Kier alpha value is -1.75. The van der Waals surface area contributed by atoms with Crippen LogP contribution < -0.4 is 11.1 Å². The zero-order valence-corrected chi connectivity index (χ0v) is 16.0. The number of hydrogen-bond donors (Lipinski definition) is 2. The topological polar surface area (TPSA) is 111 Å². The predicted octanol–water partition coefficient (Wildman–Crippen LogP) is 1.62. The summed E-state index contributed by atoms with van der Waals surface area (Å²) in [5, 5.41) is 6.94. The number of halogens is 1. The number of ether oxygens (including phenoxy) is 1. The predicted molar refractivity (Wildman–Crippen MR) is 102 cm³/mol. The van der Waals surface area contributed by atoms with Crippen LogP contribution in [0.15, 0.2) is 33.9 Å². The molecule has 0 unspecified atom stereocenters. The summed E-state index contributed by atoms with van der Waals surface area (Å²) in [6.45, 7) is 4.62. The minimum absolute atomic E-state index is 0. The summed E-state index contributed by atoms with van der Waals surface area (Å²) < 4.78 is 10.4. The summed E-state index contributed by atoms with van der Waals surface area (Å²) in [6, 6.07) is 5.53. The van der Waals surface area contributed by atoms with Crippen LogP contribution in [-0.4, -0.2) is 47.4 Å². The molecule has 3 N–H and O–H groups in total. The highest BCUT2D eigenvalue weighted by Crippen LogP contribution is 2.12. The molecule has 8 nitrogen and oxygen atoms in total.